The summed E-state index contributed by atoms with van der Waals surface area (Å²) in [6, 6.07) is 0. The van der Waals surface area contributed by atoms with Crippen LogP contribution in [0.5, 0.6) is 0 Å². The zero-order chi connectivity index (χ0) is 7.40. The predicted molar refractivity (Wildman–Crippen MR) is 51.4 cm³/mol. The van der Waals surface area contributed by atoms with Gasteiger partial charge in [-0.05, 0) is 31.7 Å². The van der Waals surface area contributed by atoms with Crippen LogP contribution in [0.1, 0.15) is 6.92 Å². The minimum atomic E-state index is -0.188. The van der Waals surface area contributed by atoms with Gasteiger partial charge in [0.1, 0.15) is 0 Å². The molecular formula is C6H9IN2O. The molecule has 1 rings (SSSR count). The van der Waals surface area contributed by atoms with Crippen molar-refractivity contribution in [2.24, 2.45) is 10.7 Å². The fourth-order valence-electron chi connectivity index (χ4n) is 0.479. The van der Waals surface area contributed by atoms with Crippen LogP contribution in [0.25, 0.3) is 0 Å². The SMILES string of the molecule is CCOC1=IC=C(N)C=N1. The maximum absolute atomic E-state index is 5.46. The summed E-state index contributed by atoms with van der Waals surface area (Å²) in [4.78, 5) is 4.03. The van der Waals surface area contributed by atoms with Crippen LogP contribution >= 0.6 is 20.7 Å². The van der Waals surface area contributed by atoms with Gasteiger partial charge in [0.05, 0.1) is 18.5 Å². The van der Waals surface area contributed by atoms with E-state index in [0.717, 1.165) is 9.52 Å². The van der Waals surface area contributed by atoms with Gasteiger partial charge in [0.15, 0.2) is 3.82 Å². The zero-order valence-electron chi connectivity index (χ0n) is 5.67. The molecule has 0 aliphatic carbocycles. The molecule has 1 heterocycles. The number of rotatable bonds is 2. The molecule has 0 aromatic heterocycles. The van der Waals surface area contributed by atoms with Crippen molar-refractivity contribution >= 4 is 30.8 Å². The quantitative estimate of drug-likeness (QED) is 0.744. The Morgan fingerprint density at radius 2 is 2.60 bits per heavy atom. The van der Waals surface area contributed by atoms with Gasteiger partial charge in [0.2, 0.25) is 0 Å². The summed E-state index contributed by atoms with van der Waals surface area (Å²) >= 11 is -0.188. The van der Waals surface area contributed by atoms with E-state index in [-0.39, 0.29) is 20.7 Å². The van der Waals surface area contributed by atoms with Crippen LogP contribution in [0.2, 0.25) is 0 Å². The van der Waals surface area contributed by atoms with Gasteiger partial charge in [-0.2, -0.15) is 0 Å². The number of aliphatic imine (C=N–C) groups is 1. The van der Waals surface area contributed by atoms with Gasteiger partial charge in [-0.1, -0.05) is 0 Å². The van der Waals surface area contributed by atoms with E-state index >= 15 is 0 Å². The van der Waals surface area contributed by atoms with Crippen LogP contribution in [-0.2, 0) is 4.74 Å². The summed E-state index contributed by atoms with van der Waals surface area (Å²) in [6.45, 7) is 2.65. The first-order valence-electron chi connectivity index (χ1n) is 2.95. The van der Waals surface area contributed by atoms with E-state index in [1.165, 1.54) is 0 Å². The lowest BCUT2D eigenvalue weighted by atomic mass is 10.6. The maximum atomic E-state index is 5.46. The molecule has 0 unspecified atom stereocenters. The first-order valence-corrected chi connectivity index (χ1v) is 5.28. The molecule has 0 saturated carbocycles. The standard InChI is InChI=1S/C6H9IN2O/c1-2-10-6-7-3-5(8)4-9-6/h3-4H,2,8H2,1H3. The second kappa shape index (κ2) is 3.82. The van der Waals surface area contributed by atoms with Gasteiger partial charge in [0.25, 0.3) is 0 Å². The monoisotopic (exact) mass is 252 g/mol. The molecule has 0 amide bonds. The molecule has 0 bridgehead atoms. The largest absolute Gasteiger partial charge is 0.397 e. The summed E-state index contributed by atoms with van der Waals surface area (Å²) < 4.78 is 8.05. The molecule has 0 aromatic carbocycles. The van der Waals surface area contributed by atoms with Crippen LogP contribution in [0.4, 0.5) is 0 Å². The van der Waals surface area contributed by atoms with Gasteiger partial charge >= 0.3 is 0 Å². The fraction of sp³-hybridized carbons (Fsp3) is 0.333. The molecule has 0 spiro atoms. The van der Waals surface area contributed by atoms with Crippen molar-refractivity contribution in [3.63, 3.8) is 0 Å². The number of hydrogen-bond acceptors (Lipinski definition) is 3. The van der Waals surface area contributed by atoms with Crippen molar-refractivity contribution in [1.82, 2.24) is 0 Å². The van der Waals surface area contributed by atoms with Crippen molar-refractivity contribution < 1.29 is 4.74 Å². The van der Waals surface area contributed by atoms with Crippen molar-refractivity contribution in [1.29, 1.82) is 0 Å². The maximum Gasteiger partial charge on any atom is 0.200 e. The lowest BCUT2D eigenvalue weighted by Gasteiger charge is -2.01. The lowest BCUT2D eigenvalue weighted by Crippen LogP contribution is -2.05. The highest BCUT2D eigenvalue weighted by Crippen LogP contribution is 2.10. The van der Waals surface area contributed by atoms with E-state index in [4.69, 9.17) is 10.5 Å². The molecule has 0 saturated heterocycles. The number of ether oxygens (including phenoxy) is 1. The summed E-state index contributed by atoms with van der Waals surface area (Å²) in [7, 11) is 0. The number of hydrogen-bond donors (Lipinski definition) is 1. The number of nitrogens with zero attached hydrogens (tertiary/aromatic N) is 1. The van der Waals surface area contributed by atoms with E-state index in [1.54, 1.807) is 6.21 Å². The van der Waals surface area contributed by atoms with E-state index in [0.29, 0.717) is 6.61 Å². The molecule has 56 valence electrons. The van der Waals surface area contributed by atoms with Gasteiger partial charge in [0, 0.05) is 0 Å². The summed E-state index contributed by atoms with van der Waals surface area (Å²) in [6.07, 6.45) is 1.63. The molecule has 0 fully saturated rings. The van der Waals surface area contributed by atoms with Crippen LogP contribution in [0.3, 0.4) is 0 Å². The summed E-state index contributed by atoms with van der Waals surface area (Å²) in [5, 5.41) is 0. The first-order chi connectivity index (χ1) is 4.83. The van der Waals surface area contributed by atoms with E-state index in [9.17, 15) is 0 Å². The van der Waals surface area contributed by atoms with Crippen LogP contribution in [-0.4, -0.2) is 16.6 Å². The molecule has 1 aliphatic rings. The molecular weight excluding hydrogens is 243 g/mol. The topological polar surface area (TPSA) is 47.6 Å². The third-order valence-corrected chi connectivity index (χ3v) is 3.01. The van der Waals surface area contributed by atoms with Gasteiger partial charge in [-0.15, -0.1) is 0 Å². The predicted octanol–water partition coefficient (Wildman–Crippen LogP) is 0.966. The van der Waals surface area contributed by atoms with Crippen molar-refractivity contribution in [2.45, 2.75) is 6.92 Å². The van der Waals surface area contributed by atoms with Gasteiger partial charge < -0.3 is 10.5 Å². The van der Waals surface area contributed by atoms with E-state index in [2.05, 4.69) is 4.99 Å². The molecule has 10 heavy (non-hydrogen) atoms. The highest BCUT2D eigenvalue weighted by Gasteiger charge is 1.96. The molecule has 3 nitrogen and oxygen atoms in total. The van der Waals surface area contributed by atoms with Crippen LogP contribution < -0.4 is 5.73 Å². The van der Waals surface area contributed by atoms with Crippen molar-refractivity contribution in [3.05, 3.63) is 9.78 Å². The van der Waals surface area contributed by atoms with Crippen molar-refractivity contribution in [3.8, 4) is 0 Å². The number of allylic oxidation sites excluding steroid dienone is 1. The van der Waals surface area contributed by atoms with E-state index in [1.807, 2.05) is 11.0 Å². The highest BCUT2D eigenvalue weighted by atomic mass is 127. The fourth-order valence-corrected chi connectivity index (χ4v) is 2.06. The third-order valence-electron chi connectivity index (χ3n) is 0.852. The average molecular weight is 252 g/mol. The smallest absolute Gasteiger partial charge is 0.200 e. The molecule has 1 aliphatic heterocycles. The zero-order valence-corrected chi connectivity index (χ0v) is 7.83. The Bertz CT molecular complexity index is 208. The summed E-state index contributed by atoms with van der Waals surface area (Å²) in [5.41, 5.74) is 6.22. The minimum absolute atomic E-state index is 0.188. The molecule has 0 atom stereocenters. The third kappa shape index (κ3) is 2.18. The normalized spacial score (nSPS) is 17.3. The highest BCUT2D eigenvalue weighted by molar-refractivity contribution is 14.2. The Balaban J connectivity index is 2.59. The Hall–Kier alpha value is -0.230. The summed E-state index contributed by atoms with van der Waals surface area (Å²) in [5.74, 6) is 0. The number of nitrogens with two attached hydrogens (primary N) is 1. The Morgan fingerprint density at radius 3 is 3.10 bits per heavy atom. The second-order valence-electron chi connectivity index (χ2n) is 1.66. The second-order valence-corrected chi connectivity index (χ2v) is 3.83. The molecule has 0 aromatic rings. The van der Waals surface area contributed by atoms with Crippen LogP contribution in [0, 0.1) is 0 Å². The average Bonchev–Trinajstić information content (AvgIpc) is 1.95. The minimum Gasteiger partial charge on any atom is -0.397 e. The Morgan fingerprint density at radius 1 is 1.80 bits per heavy atom. The van der Waals surface area contributed by atoms with Crippen molar-refractivity contribution in [2.75, 3.05) is 6.61 Å². The van der Waals surface area contributed by atoms with Gasteiger partial charge in [-0.25, -0.2) is 4.99 Å². The molecule has 4 heteroatoms. The van der Waals surface area contributed by atoms with E-state index < -0.39 is 0 Å². The number of halogens is 1. The molecule has 2 N–H and O–H groups in total. The first kappa shape index (κ1) is 7.87. The Labute approximate surface area is 69.7 Å². The molecule has 0 radical (unpaired) electrons. The van der Waals surface area contributed by atoms with Gasteiger partial charge in [-0.3, -0.25) is 0 Å². The van der Waals surface area contributed by atoms with Crippen LogP contribution in [0.15, 0.2) is 14.8 Å². The Kier molecular flexibility index (Phi) is 3.01. The lowest BCUT2D eigenvalue weighted by molar-refractivity contribution is 0.333.